The molecule has 0 radical (unpaired) electrons. The van der Waals surface area contributed by atoms with Crippen LogP contribution in [0.5, 0.6) is 5.75 Å². The highest BCUT2D eigenvalue weighted by Gasteiger charge is 2.24. The van der Waals surface area contributed by atoms with E-state index in [9.17, 15) is 4.79 Å². The first-order chi connectivity index (χ1) is 13.6. The molecular weight excluding hydrogens is 390 g/mol. The molecule has 2 heterocycles. The Morgan fingerprint density at radius 2 is 2.14 bits per heavy atom. The summed E-state index contributed by atoms with van der Waals surface area (Å²) >= 11 is 3.11. The number of hydrogen-bond acceptors (Lipinski definition) is 6. The number of nitriles is 1. The molecule has 0 unspecified atom stereocenters. The molecule has 1 aliphatic carbocycles. The average Bonchev–Trinajstić information content (AvgIpc) is 3.28. The Kier molecular flexibility index (Phi) is 5.42. The molecular formula is C21H21N3O2S2. The number of aryl methyl sites for hydroxylation is 2. The molecule has 0 spiro atoms. The standard InChI is InChI=1S/C21H21N3O2S2/c1-3-26-15-9-7-14(8-10-15)24-20(25)18-16-5-4-6-17(16)28-19(18)23-21(24)27-12-13(2)11-22/h7-10,13H,3-6,12H2,1-2H3/t13-/m1/s1. The first-order valence-electron chi connectivity index (χ1n) is 9.45. The monoisotopic (exact) mass is 411 g/mol. The normalized spacial score (nSPS) is 14.0. The third-order valence-corrected chi connectivity index (χ3v) is 7.18. The van der Waals surface area contributed by atoms with Gasteiger partial charge in [-0.25, -0.2) is 4.98 Å². The Morgan fingerprint density at radius 1 is 1.36 bits per heavy atom. The number of nitrogens with zero attached hydrogens (tertiary/aromatic N) is 3. The third kappa shape index (κ3) is 3.43. The molecule has 0 bridgehead atoms. The zero-order valence-electron chi connectivity index (χ0n) is 15.9. The van der Waals surface area contributed by atoms with Crippen molar-refractivity contribution in [2.24, 2.45) is 5.92 Å². The summed E-state index contributed by atoms with van der Waals surface area (Å²) in [5.74, 6) is 1.26. The summed E-state index contributed by atoms with van der Waals surface area (Å²) < 4.78 is 7.22. The maximum atomic E-state index is 13.5. The summed E-state index contributed by atoms with van der Waals surface area (Å²) in [5.41, 5.74) is 1.94. The molecule has 0 saturated heterocycles. The van der Waals surface area contributed by atoms with Crippen LogP contribution >= 0.6 is 23.1 Å². The van der Waals surface area contributed by atoms with E-state index in [-0.39, 0.29) is 11.5 Å². The van der Waals surface area contributed by atoms with Crippen molar-refractivity contribution in [3.63, 3.8) is 0 Å². The largest absolute Gasteiger partial charge is 0.494 e. The van der Waals surface area contributed by atoms with Gasteiger partial charge in [-0.2, -0.15) is 5.26 Å². The minimum absolute atomic E-state index is 0.0133. The number of rotatable bonds is 6. The zero-order valence-corrected chi connectivity index (χ0v) is 17.5. The molecule has 0 N–H and O–H groups in total. The molecule has 144 valence electrons. The molecule has 1 aliphatic rings. The van der Waals surface area contributed by atoms with Gasteiger partial charge in [0.1, 0.15) is 10.6 Å². The number of aromatic nitrogens is 2. The number of hydrogen-bond donors (Lipinski definition) is 0. The van der Waals surface area contributed by atoms with Crippen LogP contribution in [0.2, 0.25) is 0 Å². The van der Waals surface area contributed by atoms with Crippen molar-refractivity contribution in [3.8, 4) is 17.5 Å². The SMILES string of the molecule is CCOc1ccc(-n2c(SC[C@H](C)C#N)nc3sc4c(c3c2=O)CCC4)cc1. The number of thiophene rings is 1. The van der Waals surface area contributed by atoms with Crippen LogP contribution < -0.4 is 10.3 Å². The van der Waals surface area contributed by atoms with E-state index in [1.807, 2.05) is 38.1 Å². The second-order valence-corrected chi connectivity index (χ2v) is 8.91. The summed E-state index contributed by atoms with van der Waals surface area (Å²) in [6.45, 7) is 4.42. The zero-order chi connectivity index (χ0) is 19.7. The van der Waals surface area contributed by atoms with Crippen LogP contribution in [0.15, 0.2) is 34.2 Å². The lowest BCUT2D eigenvalue weighted by molar-refractivity contribution is 0.340. The van der Waals surface area contributed by atoms with Crippen LogP contribution in [0.1, 0.15) is 30.7 Å². The van der Waals surface area contributed by atoms with Gasteiger partial charge in [-0.15, -0.1) is 11.3 Å². The molecule has 0 saturated carbocycles. The maximum absolute atomic E-state index is 13.5. The van der Waals surface area contributed by atoms with E-state index < -0.39 is 0 Å². The average molecular weight is 412 g/mol. The Morgan fingerprint density at radius 3 is 2.86 bits per heavy atom. The Hall–Kier alpha value is -2.30. The topological polar surface area (TPSA) is 67.9 Å². The predicted molar refractivity (Wildman–Crippen MR) is 114 cm³/mol. The third-order valence-electron chi connectivity index (χ3n) is 4.80. The lowest BCUT2D eigenvalue weighted by Gasteiger charge is -2.13. The van der Waals surface area contributed by atoms with E-state index in [0.29, 0.717) is 17.5 Å². The first kappa shape index (κ1) is 19.0. The van der Waals surface area contributed by atoms with Gasteiger partial charge in [0, 0.05) is 10.6 Å². The van der Waals surface area contributed by atoms with Crippen molar-refractivity contribution in [2.45, 2.75) is 38.3 Å². The summed E-state index contributed by atoms with van der Waals surface area (Å²) in [7, 11) is 0. The van der Waals surface area contributed by atoms with Crippen molar-refractivity contribution in [1.82, 2.24) is 9.55 Å². The second kappa shape index (κ2) is 7.98. The highest BCUT2D eigenvalue weighted by Crippen LogP contribution is 2.36. The van der Waals surface area contributed by atoms with Crippen LogP contribution in [0.4, 0.5) is 0 Å². The van der Waals surface area contributed by atoms with Crippen LogP contribution in [0.3, 0.4) is 0 Å². The molecule has 4 rings (SSSR count). The van der Waals surface area contributed by atoms with Crippen LogP contribution in [-0.4, -0.2) is 21.9 Å². The van der Waals surface area contributed by atoms with Gasteiger partial charge in [-0.05, 0) is 62.9 Å². The van der Waals surface area contributed by atoms with E-state index in [2.05, 4.69) is 6.07 Å². The minimum Gasteiger partial charge on any atom is -0.494 e. The molecule has 2 aromatic heterocycles. The van der Waals surface area contributed by atoms with E-state index in [4.69, 9.17) is 15.0 Å². The van der Waals surface area contributed by atoms with Gasteiger partial charge in [0.05, 0.1) is 29.7 Å². The fourth-order valence-electron chi connectivity index (χ4n) is 3.44. The number of fused-ring (bicyclic) bond motifs is 3. The molecule has 1 atom stereocenters. The molecule has 5 nitrogen and oxygen atoms in total. The smallest absolute Gasteiger partial charge is 0.267 e. The number of benzene rings is 1. The van der Waals surface area contributed by atoms with Crippen LogP contribution in [-0.2, 0) is 12.8 Å². The highest BCUT2D eigenvalue weighted by atomic mass is 32.2. The molecule has 3 aromatic rings. The van der Waals surface area contributed by atoms with E-state index in [1.165, 1.54) is 22.2 Å². The second-order valence-electron chi connectivity index (χ2n) is 6.84. The van der Waals surface area contributed by atoms with Gasteiger partial charge in [0.2, 0.25) is 0 Å². The van der Waals surface area contributed by atoms with Crippen molar-refractivity contribution >= 4 is 33.3 Å². The van der Waals surface area contributed by atoms with Crippen LogP contribution in [0, 0.1) is 17.2 Å². The Bertz CT molecular complexity index is 1110. The van der Waals surface area contributed by atoms with Crippen LogP contribution in [0.25, 0.3) is 15.9 Å². The van der Waals surface area contributed by atoms with Crippen molar-refractivity contribution in [1.29, 1.82) is 5.26 Å². The highest BCUT2D eigenvalue weighted by molar-refractivity contribution is 7.99. The van der Waals surface area contributed by atoms with Gasteiger partial charge in [-0.1, -0.05) is 11.8 Å². The van der Waals surface area contributed by atoms with Gasteiger partial charge in [0.25, 0.3) is 5.56 Å². The number of ether oxygens (including phenoxy) is 1. The van der Waals surface area contributed by atoms with Gasteiger partial charge < -0.3 is 4.74 Å². The van der Waals surface area contributed by atoms with E-state index in [0.717, 1.165) is 40.9 Å². The fourth-order valence-corrected chi connectivity index (χ4v) is 5.70. The van der Waals surface area contributed by atoms with Crippen molar-refractivity contribution in [3.05, 3.63) is 45.1 Å². The minimum atomic E-state index is -0.111. The van der Waals surface area contributed by atoms with Crippen molar-refractivity contribution < 1.29 is 4.74 Å². The number of thioether (sulfide) groups is 1. The molecule has 1 aromatic carbocycles. The summed E-state index contributed by atoms with van der Waals surface area (Å²) in [6, 6.07) is 9.79. The lowest BCUT2D eigenvalue weighted by Crippen LogP contribution is -2.22. The maximum Gasteiger partial charge on any atom is 0.267 e. The van der Waals surface area contributed by atoms with Gasteiger partial charge in [-0.3, -0.25) is 9.36 Å². The van der Waals surface area contributed by atoms with Crippen molar-refractivity contribution in [2.75, 3.05) is 12.4 Å². The molecule has 7 heteroatoms. The van der Waals surface area contributed by atoms with E-state index >= 15 is 0 Å². The molecule has 0 aliphatic heterocycles. The summed E-state index contributed by atoms with van der Waals surface area (Å²) in [6.07, 6.45) is 3.09. The summed E-state index contributed by atoms with van der Waals surface area (Å²) in [5, 5.41) is 10.5. The summed E-state index contributed by atoms with van der Waals surface area (Å²) in [4.78, 5) is 20.5. The fraction of sp³-hybridized carbons (Fsp3) is 0.381. The predicted octanol–water partition coefficient (Wildman–Crippen LogP) is 4.59. The molecule has 0 amide bonds. The quantitative estimate of drug-likeness (QED) is 0.438. The Labute approximate surface area is 172 Å². The first-order valence-corrected chi connectivity index (χ1v) is 11.3. The molecule has 28 heavy (non-hydrogen) atoms. The lowest BCUT2D eigenvalue weighted by atomic mass is 10.2. The van der Waals surface area contributed by atoms with Gasteiger partial charge >= 0.3 is 0 Å². The Balaban J connectivity index is 1.86. The molecule has 0 fully saturated rings. The van der Waals surface area contributed by atoms with Gasteiger partial charge in [0.15, 0.2) is 5.16 Å². The van der Waals surface area contributed by atoms with E-state index in [1.54, 1.807) is 15.9 Å².